The molecule has 3 rings (SSSR count). The van der Waals surface area contributed by atoms with Crippen molar-refractivity contribution in [1.29, 1.82) is 0 Å². The van der Waals surface area contributed by atoms with Crippen molar-refractivity contribution in [2.24, 2.45) is 7.05 Å². The summed E-state index contributed by atoms with van der Waals surface area (Å²) < 4.78 is 1.47. The van der Waals surface area contributed by atoms with Crippen LogP contribution >= 0.6 is 11.6 Å². The predicted octanol–water partition coefficient (Wildman–Crippen LogP) is 2.18. The highest BCUT2D eigenvalue weighted by molar-refractivity contribution is 6.34. The minimum absolute atomic E-state index is 0.0350. The highest BCUT2D eigenvalue weighted by Gasteiger charge is 2.31. The molecule has 2 heterocycles. The van der Waals surface area contributed by atoms with Gasteiger partial charge in [-0.1, -0.05) is 29.3 Å². The summed E-state index contributed by atoms with van der Waals surface area (Å²) in [5.41, 5.74) is 2.92. The van der Waals surface area contributed by atoms with Gasteiger partial charge in [-0.25, -0.2) is 0 Å². The Bertz CT molecular complexity index is 798. The topological polar surface area (TPSA) is 58.4 Å². The van der Waals surface area contributed by atoms with Crippen molar-refractivity contribution in [1.82, 2.24) is 14.7 Å². The number of aromatic nitrogens is 2. The van der Waals surface area contributed by atoms with Crippen molar-refractivity contribution in [3.63, 3.8) is 0 Å². The summed E-state index contributed by atoms with van der Waals surface area (Å²) >= 11 is 6.18. The maximum Gasteiger partial charge on any atom is 0.274 e. The van der Waals surface area contributed by atoms with Crippen molar-refractivity contribution in [2.75, 3.05) is 24.5 Å². The van der Waals surface area contributed by atoms with E-state index in [2.05, 4.69) is 5.10 Å². The number of carbonyl (C=O) groups is 2. The normalized spacial score (nSPS) is 15.1. The number of anilines is 1. The van der Waals surface area contributed by atoms with E-state index in [9.17, 15) is 9.59 Å². The monoisotopic (exact) mass is 346 g/mol. The van der Waals surface area contributed by atoms with Gasteiger partial charge in [-0.05, 0) is 26.0 Å². The van der Waals surface area contributed by atoms with Gasteiger partial charge in [0.1, 0.15) is 12.2 Å². The fourth-order valence-electron chi connectivity index (χ4n) is 2.86. The number of nitrogens with zero attached hydrogens (tertiary/aromatic N) is 4. The lowest BCUT2D eigenvalue weighted by Crippen LogP contribution is -2.52. The molecule has 1 fully saturated rings. The maximum absolute atomic E-state index is 12.7. The minimum atomic E-state index is -0.264. The lowest BCUT2D eigenvalue weighted by molar-refractivity contribution is -0.120. The molecule has 0 saturated carbocycles. The third-order valence-corrected chi connectivity index (χ3v) is 4.66. The number of hydrogen-bond donors (Lipinski definition) is 0. The SMILES string of the molecule is Cc1ccc(N2CCN(C(=O)c3c(Cl)c(C)nn3C)CC2=O)cc1. The molecule has 2 amide bonds. The van der Waals surface area contributed by atoms with E-state index in [1.807, 2.05) is 31.2 Å². The molecule has 24 heavy (non-hydrogen) atoms. The first-order chi connectivity index (χ1) is 11.4. The molecule has 0 bridgehead atoms. The fourth-order valence-corrected chi connectivity index (χ4v) is 3.10. The van der Waals surface area contributed by atoms with Crippen LogP contribution in [0.15, 0.2) is 24.3 Å². The van der Waals surface area contributed by atoms with Crippen molar-refractivity contribution in [3.05, 3.63) is 46.2 Å². The molecule has 0 atom stereocenters. The first-order valence-electron chi connectivity index (χ1n) is 7.74. The third-order valence-electron chi connectivity index (χ3n) is 4.21. The molecular weight excluding hydrogens is 328 g/mol. The van der Waals surface area contributed by atoms with Gasteiger partial charge in [0.2, 0.25) is 5.91 Å². The Morgan fingerprint density at radius 3 is 2.38 bits per heavy atom. The van der Waals surface area contributed by atoms with E-state index in [1.54, 1.807) is 18.9 Å². The smallest absolute Gasteiger partial charge is 0.274 e. The van der Waals surface area contributed by atoms with Crippen LogP contribution in [-0.4, -0.2) is 46.1 Å². The van der Waals surface area contributed by atoms with E-state index in [1.165, 1.54) is 9.58 Å². The van der Waals surface area contributed by atoms with Gasteiger partial charge in [0, 0.05) is 25.8 Å². The van der Waals surface area contributed by atoms with Gasteiger partial charge in [0.05, 0.1) is 10.7 Å². The van der Waals surface area contributed by atoms with Crippen LogP contribution in [0, 0.1) is 13.8 Å². The van der Waals surface area contributed by atoms with Crippen molar-refractivity contribution in [2.45, 2.75) is 13.8 Å². The Balaban J connectivity index is 1.77. The second kappa shape index (κ2) is 6.28. The number of aryl methyl sites for hydroxylation is 3. The van der Waals surface area contributed by atoms with Crippen LogP contribution in [-0.2, 0) is 11.8 Å². The molecule has 0 N–H and O–H groups in total. The van der Waals surface area contributed by atoms with E-state index >= 15 is 0 Å². The summed E-state index contributed by atoms with van der Waals surface area (Å²) in [5.74, 6) is -0.367. The summed E-state index contributed by atoms with van der Waals surface area (Å²) in [4.78, 5) is 28.4. The number of benzene rings is 1. The molecule has 1 aromatic carbocycles. The van der Waals surface area contributed by atoms with Crippen LogP contribution in [0.4, 0.5) is 5.69 Å². The van der Waals surface area contributed by atoms with Crippen LogP contribution in [0.25, 0.3) is 0 Å². The van der Waals surface area contributed by atoms with Crippen LogP contribution in [0.5, 0.6) is 0 Å². The Morgan fingerprint density at radius 2 is 1.83 bits per heavy atom. The molecule has 6 nitrogen and oxygen atoms in total. The molecule has 1 aliphatic heterocycles. The molecule has 0 spiro atoms. The summed E-state index contributed by atoms with van der Waals surface area (Å²) in [6.45, 7) is 4.70. The van der Waals surface area contributed by atoms with Crippen molar-refractivity contribution in [3.8, 4) is 0 Å². The average molecular weight is 347 g/mol. The minimum Gasteiger partial charge on any atom is -0.326 e. The van der Waals surface area contributed by atoms with E-state index in [4.69, 9.17) is 11.6 Å². The second-order valence-corrected chi connectivity index (χ2v) is 6.36. The van der Waals surface area contributed by atoms with Gasteiger partial charge >= 0.3 is 0 Å². The van der Waals surface area contributed by atoms with E-state index in [-0.39, 0.29) is 18.4 Å². The molecule has 1 aromatic heterocycles. The van der Waals surface area contributed by atoms with Gasteiger partial charge in [0.25, 0.3) is 5.91 Å². The zero-order chi connectivity index (χ0) is 17.4. The number of amides is 2. The molecule has 0 aliphatic carbocycles. The predicted molar refractivity (Wildman–Crippen MR) is 92.4 cm³/mol. The molecule has 1 aliphatic rings. The Hall–Kier alpha value is -2.34. The molecule has 1 saturated heterocycles. The Labute approximate surface area is 145 Å². The lowest BCUT2D eigenvalue weighted by Gasteiger charge is -2.34. The molecule has 0 radical (unpaired) electrons. The van der Waals surface area contributed by atoms with Crippen molar-refractivity contribution < 1.29 is 9.59 Å². The van der Waals surface area contributed by atoms with Gasteiger partial charge < -0.3 is 9.80 Å². The quantitative estimate of drug-likeness (QED) is 0.837. The van der Waals surface area contributed by atoms with Crippen LogP contribution in [0.1, 0.15) is 21.7 Å². The molecule has 0 unspecified atom stereocenters. The number of halogens is 1. The fraction of sp³-hybridized carbons (Fsp3) is 0.353. The average Bonchev–Trinajstić information content (AvgIpc) is 2.80. The van der Waals surface area contributed by atoms with Crippen LogP contribution in [0.3, 0.4) is 0 Å². The Morgan fingerprint density at radius 1 is 1.17 bits per heavy atom. The zero-order valence-corrected chi connectivity index (χ0v) is 14.7. The molecule has 2 aromatic rings. The van der Waals surface area contributed by atoms with E-state index in [0.29, 0.717) is 29.5 Å². The highest BCUT2D eigenvalue weighted by atomic mass is 35.5. The van der Waals surface area contributed by atoms with Crippen molar-refractivity contribution >= 4 is 29.1 Å². The Kier molecular flexibility index (Phi) is 4.32. The molecule has 7 heteroatoms. The van der Waals surface area contributed by atoms with Gasteiger partial charge in [0.15, 0.2) is 0 Å². The van der Waals surface area contributed by atoms with Crippen LogP contribution < -0.4 is 4.90 Å². The lowest BCUT2D eigenvalue weighted by atomic mass is 10.2. The standard InChI is InChI=1S/C17H19ClN4O2/c1-11-4-6-13(7-5-11)22-9-8-21(10-14(22)23)17(24)16-15(18)12(2)19-20(16)3/h4-7H,8-10H2,1-3H3. The second-order valence-electron chi connectivity index (χ2n) is 5.98. The van der Waals surface area contributed by atoms with E-state index < -0.39 is 0 Å². The summed E-state index contributed by atoms with van der Waals surface area (Å²) in [6.07, 6.45) is 0. The number of hydrogen-bond acceptors (Lipinski definition) is 3. The number of piperazine rings is 1. The molecule has 126 valence electrons. The van der Waals surface area contributed by atoms with Gasteiger partial charge in [-0.3, -0.25) is 14.3 Å². The summed E-state index contributed by atoms with van der Waals surface area (Å²) in [7, 11) is 1.68. The summed E-state index contributed by atoms with van der Waals surface area (Å²) in [6, 6.07) is 7.79. The maximum atomic E-state index is 12.7. The number of rotatable bonds is 2. The summed E-state index contributed by atoms with van der Waals surface area (Å²) in [5, 5.41) is 4.50. The third kappa shape index (κ3) is 2.89. The molecular formula is C17H19ClN4O2. The van der Waals surface area contributed by atoms with E-state index in [0.717, 1.165) is 11.3 Å². The first kappa shape index (κ1) is 16.5. The van der Waals surface area contributed by atoms with Gasteiger partial charge in [-0.2, -0.15) is 5.10 Å². The number of carbonyl (C=O) groups excluding carboxylic acids is 2. The zero-order valence-electron chi connectivity index (χ0n) is 13.9. The van der Waals surface area contributed by atoms with Gasteiger partial charge in [-0.15, -0.1) is 0 Å². The first-order valence-corrected chi connectivity index (χ1v) is 8.11. The highest BCUT2D eigenvalue weighted by Crippen LogP contribution is 2.23. The van der Waals surface area contributed by atoms with Crippen LogP contribution in [0.2, 0.25) is 5.02 Å². The largest absolute Gasteiger partial charge is 0.326 e.